The topological polar surface area (TPSA) is 44.1 Å². The maximum atomic E-state index is 12.5. The van der Waals surface area contributed by atoms with Gasteiger partial charge in [0.15, 0.2) is 0 Å². The first-order chi connectivity index (χ1) is 8.04. The van der Waals surface area contributed by atoms with Gasteiger partial charge in [0.1, 0.15) is 5.82 Å². The average molecular weight is 264 g/mol. The quantitative estimate of drug-likeness (QED) is 0.740. The first-order valence-corrected chi connectivity index (χ1v) is 6.07. The van der Waals surface area contributed by atoms with E-state index in [9.17, 15) is 13.6 Å². The Morgan fingerprint density at radius 1 is 1.65 bits per heavy atom. The number of thioether (sulfide) groups is 1. The number of nitrogens with zero attached hydrogens (tertiary/aromatic N) is 2. The highest BCUT2D eigenvalue weighted by molar-refractivity contribution is 7.99. The van der Waals surface area contributed by atoms with Crippen molar-refractivity contribution in [3.8, 4) is 0 Å². The second kappa shape index (κ2) is 6.58. The lowest BCUT2D eigenvalue weighted by Crippen LogP contribution is -2.10. The maximum absolute atomic E-state index is 12.5. The molecule has 0 bridgehead atoms. The van der Waals surface area contributed by atoms with Gasteiger partial charge in [0.05, 0.1) is 19.3 Å². The number of hydrogen-bond acceptors (Lipinski definition) is 4. The summed E-state index contributed by atoms with van der Waals surface area (Å²) in [7, 11) is 1.32. The third-order valence-electron chi connectivity index (χ3n) is 2.14. The van der Waals surface area contributed by atoms with E-state index in [0.717, 1.165) is 4.57 Å². The number of ether oxygens (including phenoxy) is 1. The molecule has 4 nitrogen and oxygen atoms in total. The molecule has 0 saturated carbocycles. The monoisotopic (exact) mass is 264 g/mol. The van der Waals surface area contributed by atoms with Gasteiger partial charge in [-0.1, -0.05) is 6.92 Å². The van der Waals surface area contributed by atoms with Crippen molar-refractivity contribution in [2.24, 2.45) is 0 Å². The van der Waals surface area contributed by atoms with Crippen LogP contribution in [0.4, 0.5) is 8.78 Å². The van der Waals surface area contributed by atoms with Crippen LogP contribution >= 0.6 is 11.8 Å². The van der Waals surface area contributed by atoms with Gasteiger partial charge < -0.3 is 4.74 Å². The Bertz CT molecular complexity index is 371. The standard InChI is InChI=1S/C10H14F2N2O2S/c1-7(5-9(15)16-2)17-6-8-13-3-4-14(8)10(11)12/h3-4,7,10H,5-6H2,1-2H3. The summed E-state index contributed by atoms with van der Waals surface area (Å²) in [6.07, 6.45) is 2.84. The van der Waals surface area contributed by atoms with Crippen LogP contribution in [0, 0.1) is 0 Å². The third kappa shape index (κ3) is 4.33. The number of carbonyl (C=O) groups excluding carboxylic acids is 1. The molecular weight excluding hydrogens is 250 g/mol. The fourth-order valence-electron chi connectivity index (χ4n) is 1.23. The summed E-state index contributed by atoms with van der Waals surface area (Å²) in [6.45, 7) is -0.735. The zero-order valence-corrected chi connectivity index (χ0v) is 10.4. The smallest absolute Gasteiger partial charge is 0.319 e. The first kappa shape index (κ1) is 14.0. The van der Waals surface area contributed by atoms with Gasteiger partial charge in [-0.15, -0.1) is 0 Å². The summed E-state index contributed by atoms with van der Waals surface area (Å²) in [5, 5.41) is 0.00488. The number of alkyl halides is 2. The molecule has 0 aliphatic rings. The highest BCUT2D eigenvalue weighted by atomic mass is 32.2. The predicted octanol–water partition coefficient (Wildman–Crippen LogP) is 2.46. The number of carbonyl (C=O) groups is 1. The fraction of sp³-hybridized carbons (Fsp3) is 0.600. The molecule has 1 aromatic rings. The van der Waals surface area contributed by atoms with Gasteiger partial charge in [-0.2, -0.15) is 20.5 Å². The minimum absolute atomic E-state index is 0.00488. The van der Waals surface area contributed by atoms with E-state index in [1.807, 2.05) is 6.92 Å². The number of methoxy groups -OCH3 is 1. The number of aromatic nitrogens is 2. The van der Waals surface area contributed by atoms with E-state index < -0.39 is 6.55 Å². The second-order valence-corrected chi connectivity index (χ2v) is 4.86. The summed E-state index contributed by atoms with van der Waals surface area (Å²) < 4.78 is 30.3. The Kier molecular flexibility index (Phi) is 5.40. The highest BCUT2D eigenvalue weighted by Crippen LogP contribution is 2.22. The molecule has 1 aromatic heterocycles. The first-order valence-electron chi connectivity index (χ1n) is 5.03. The molecule has 0 spiro atoms. The normalized spacial score (nSPS) is 12.8. The van der Waals surface area contributed by atoms with E-state index in [1.54, 1.807) is 0 Å². The second-order valence-electron chi connectivity index (χ2n) is 3.43. The average Bonchev–Trinajstić information content (AvgIpc) is 2.74. The molecule has 0 aromatic carbocycles. The van der Waals surface area contributed by atoms with Crippen molar-refractivity contribution >= 4 is 17.7 Å². The molecular formula is C10H14F2N2O2S. The molecule has 0 amide bonds. The van der Waals surface area contributed by atoms with Crippen molar-refractivity contribution in [2.45, 2.75) is 30.9 Å². The van der Waals surface area contributed by atoms with Crippen LogP contribution in [0.3, 0.4) is 0 Å². The van der Waals surface area contributed by atoms with Gasteiger partial charge in [-0.05, 0) is 0 Å². The molecule has 0 saturated heterocycles. The third-order valence-corrected chi connectivity index (χ3v) is 3.30. The SMILES string of the molecule is COC(=O)CC(C)SCc1nccn1C(F)F. The van der Waals surface area contributed by atoms with Crippen LogP contribution in [-0.4, -0.2) is 27.9 Å². The lowest BCUT2D eigenvalue weighted by atomic mass is 10.3. The summed E-state index contributed by atoms with van der Waals surface area (Å²) in [4.78, 5) is 14.8. The van der Waals surface area contributed by atoms with Crippen LogP contribution in [-0.2, 0) is 15.3 Å². The molecule has 1 unspecified atom stereocenters. The van der Waals surface area contributed by atoms with Crippen LogP contribution in [0.1, 0.15) is 25.7 Å². The number of hydrogen-bond donors (Lipinski definition) is 0. The highest BCUT2D eigenvalue weighted by Gasteiger charge is 2.14. The lowest BCUT2D eigenvalue weighted by molar-refractivity contribution is -0.140. The van der Waals surface area contributed by atoms with Crippen molar-refractivity contribution in [1.29, 1.82) is 0 Å². The molecule has 17 heavy (non-hydrogen) atoms. The van der Waals surface area contributed by atoms with E-state index in [1.165, 1.54) is 31.3 Å². The maximum Gasteiger partial charge on any atom is 0.319 e. The van der Waals surface area contributed by atoms with Gasteiger partial charge in [0.25, 0.3) is 0 Å². The molecule has 0 N–H and O–H groups in total. The van der Waals surface area contributed by atoms with Crippen molar-refractivity contribution in [1.82, 2.24) is 9.55 Å². The summed E-state index contributed by atoms with van der Waals surface area (Å²) in [5.41, 5.74) is 0. The Balaban J connectivity index is 2.44. The largest absolute Gasteiger partial charge is 0.469 e. The lowest BCUT2D eigenvalue weighted by Gasteiger charge is -2.10. The zero-order chi connectivity index (χ0) is 12.8. The number of rotatable bonds is 6. The summed E-state index contributed by atoms with van der Waals surface area (Å²) >= 11 is 1.39. The number of imidazole rings is 1. The van der Waals surface area contributed by atoms with Gasteiger partial charge in [-0.3, -0.25) is 9.36 Å². The molecule has 1 rings (SSSR count). The Labute approximate surface area is 102 Å². The number of halogens is 2. The van der Waals surface area contributed by atoms with Crippen molar-refractivity contribution in [3.05, 3.63) is 18.2 Å². The van der Waals surface area contributed by atoms with Crippen LogP contribution in [0.25, 0.3) is 0 Å². The Morgan fingerprint density at radius 3 is 2.94 bits per heavy atom. The van der Waals surface area contributed by atoms with Crippen LogP contribution in [0.15, 0.2) is 12.4 Å². The van der Waals surface area contributed by atoms with E-state index in [2.05, 4.69) is 9.72 Å². The Hall–Kier alpha value is -1.11. The van der Waals surface area contributed by atoms with Gasteiger partial charge >= 0.3 is 12.5 Å². The van der Waals surface area contributed by atoms with Crippen molar-refractivity contribution in [2.75, 3.05) is 7.11 Å². The van der Waals surface area contributed by atoms with Crippen molar-refractivity contribution < 1.29 is 18.3 Å². The molecule has 1 atom stereocenters. The molecule has 0 fully saturated rings. The van der Waals surface area contributed by atoms with Crippen LogP contribution < -0.4 is 0 Å². The van der Waals surface area contributed by atoms with Crippen molar-refractivity contribution in [3.63, 3.8) is 0 Å². The minimum Gasteiger partial charge on any atom is -0.469 e. The molecule has 0 radical (unpaired) electrons. The van der Waals surface area contributed by atoms with E-state index >= 15 is 0 Å². The van der Waals surface area contributed by atoms with Gasteiger partial charge in [0, 0.05) is 17.6 Å². The van der Waals surface area contributed by atoms with Crippen LogP contribution in [0.2, 0.25) is 0 Å². The molecule has 1 heterocycles. The van der Waals surface area contributed by atoms with Crippen LogP contribution in [0.5, 0.6) is 0 Å². The van der Waals surface area contributed by atoms with E-state index in [-0.39, 0.29) is 17.6 Å². The summed E-state index contributed by atoms with van der Waals surface area (Å²) in [5.74, 6) is 0.346. The van der Waals surface area contributed by atoms with Gasteiger partial charge in [0.2, 0.25) is 0 Å². The zero-order valence-electron chi connectivity index (χ0n) is 9.60. The molecule has 7 heteroatoms. The minimum atomic E-state index is -2.58. The fourth-order valence-corrected chi connectivity index (χ4v) is 2.14. The summed E-state index contributed by atoms with van der Waals surface area (Å²) in [6, 6.07) is 0. The Morgan fingerprint density at radius 2 is 2.35 bits per heavy atom. The molecule has 96 valence electrons. The number of esters is 1. The molecule has 0 aliphatic heterocycles. The predicted molar refractivity (Wildman–Crippen MR) is 60.9 cm³/mol. The van der Waals surface area contributed by atoms with Gasteiger partial charge in [-0.25, -0.2) is 4.98 Å². The van der Waals surface area contributed by atoms with E-state index in [0.29, 0.717) is 11.6 Å². The molecule has 0 aliphatic carbocycles. The van der Waals surface area contributed by atoms with E-state index in [4.69, 9.17) is 0 Å².